The minimum Gasteiger partial charge on any atom is -0.488 e. The molecule has 1 fully saturated rings. The van der Waals surface area contributed by atoms with Crippen LogP contribution in [-0.4, -0.2) is 16.8 Å². The first-order chi connectivity index (χ1) is 15.4. The van der Waals surface area contributed by atoms with Crippen LogP contribution < -0.4 is 10.1 Å². The van der Waals surface area contributed by atoms with Crippen molar-refractivity contribution in [3.8, 4) is 5.75 Å². The molecule has 0 aliphatic carbocycles. The van der Waals surface area contributed by atoms with Gasteiger partial charge in [0, 0.05) is 5.56 Å². The largest absolute Gasteiger partial charge is 0.488 e. The van der Waals surface area contributed by atoms with Crippen LogP contribution in [0.15, 0.2) is 72.4 Å². The van der Waals surface area contributed by atoms with Crippen molar-refractivity contribution < 1.29 is 14.3 Å². The molecule has 1 heterocycles. The van der Waals surface area contributed by atoms with Gasteiger partial charge in [-0.1, -0.05) is 77.3 Å². The van der Waals surface area contributed by atoms with Crippen molar-refractivity contribution in [1.82, 2.24) is 10.2 Å². The van der Waals surface area contributed by atoms with Gasteiger partial charge >= 0.3 is 6.03 Å². The molecule has 3 aromatic rings. The van der Waals surface area contributed by atoms with E-state index in [0.29, 0.717) is 21.4 Å². The first-order valence-corrected chi connectivity index (χ1v) is 10.7. The first kappa shape index (κ1) is 21.9. The maximum atomic E-state index is 12.9. The summed E-state index contributed by atoms with van der Waals surface area (Å²) in [5, 5.41) is 3.60. The summed E-state index contributed by atoms with van der Waals surface area (Å²) >= 11 is 12.0. The van der Waals surface area contributed by atoms with Crippen LogP contribution in [0.4, 0.5) is 4.79 Å². The highest BCUT2D eigenvalue weighted by atomic mass is 35.5. The Hall–Kier alpha value is -3.28. The van der Waals surface area contributed by atoms with Crippen LogP contribution >= 0.6 is 23.2 Å². The molecule has 3 amide bonds. The molecule has 0 atom stereocenters. The zero-order valence-electron chi connectivity index (χ0n) is 17.3. The lowest BCUT2D eigenvalue weighted by Crippen LogP contribution is -2.30. The number of para-hydroxylation sites is 1. The maximum Gasteiger partial charge on any atom is 0.329 e. The Balaban J connectivity index is 1.51. The van der Waals surface area contributed by atoms with Gasteiger partial charge in [0.15, 0.2) is 0 Å². The molecule has 0 bridgehead atoms. The molecule has 0 spiro atoms. The number of imide groups is 1. The van der Waals surface area contributed by atoms with E-state index in [1.54, 1.807) is 24.3 Å². The van der Waals surface area contributed by atoms with Crippen molar-refractivity contribution in [2.24, 2.45) is 0 Å². The van der Waals surface area contributed by atoms with Gasteiger partial charge in [0.25, 0.3) is 5.91 Å². The lowest BCUT2D eigenvalue weighted by Gasteiger charge is -2.12. The fraction of sp³-hybridized carbons (Fsp3) is 0.120. The van der Waals surface area contributed by atoms with Crippen LogP contribution in [0.1, 0.15) is 22.3 Å². The van der Waals surface area contributed by atoms with Crippen LogP contribution in [0.5, 0.6) is 5.75 Å². The van der Waals surface area contributed by atoms with E-state index in [2.05, 4.69) is 5.32 Å². The lowest BCUT2D eigenvalue weighted by molar-refractivity contribution is -0.123. The normalized spacial score (nSPS) is 14.7. The molecule has 32 heavy (non-hydrogen) atoms. The smallest absolute Gasteiger partial charge is 0.329 e. The van der Waals surface area contributed by atoms with E-state index in [4.69, 9.17) is 27.9 Å². The van der Waals surface area contributed by atoms with Gasteiger partial charge in [-0.25, -0.2) is 4.79 Å². The van der Waals surface area contributed by atoms with Crippen LogP contribution in [0.25, 0.3) is 6.08 Å². The van der Waals surface area contributed by atoms with Crippen LogP contribution in [0.3, 0.4) is 0 Å². The quantitative estimate of drug-likeness (QED) is 0.359. The molecule has 162 valence electrons. The minimum absolute atomic E-state index is 0.202. The number of rotatable bonds is 6. The van der Waals surface area contributed by atoms with Crippen molar-refractivity contribution in [2.75, 3.05) is 0 Å². The number of benzene rings is 3. The second-order valence-corrected chi connectivity index (χ2v) is 8.26. The third-order valence-electron chi connectivity index (χ3n) is 4.98. The SMILES string of the molecule is Cc1cccc(CN2C(=O)N/C(=C/c3ccccc3OCc3ccc(Cl)c(Cl)c3)C2=O)c1. The summed E-state index contributed by atoms with van der Waals surface area (Å²) in [7, 11) is 0. The summed E-state index contributed by atoms with van der Waals surface area (Å²) in [6, 6.07) is 19.9. The molecule has 4 rings (SSSR count). The van der Waals surface area contributed by atoms with Crippen LogP contribution in [0.2, 0.25) is 10.0 Å². The Kier molecular flexibility index (Phi) is 6.49. The molecule has 7 heteroatoms. The average molecular weight is 467 g/mol. The second kappa shape index (κ2) is 9.47. The van der Waals surface area contributed by atoms with Gasteiger partial charge in [-0.2, -0.15) is 0 Å². The van der Waals surface area contributed by atoms with Gasteiger partial charge in [0.1, 0.15) is 18.1 Å². The number of hydrogen-bond donors (Lipinski definition) is 1. The lowest BCUT2D eigenvalue weighted by atomic mass is 10.1. The number of halogens is 2. The summed E-state index contributed by atoms with van der Waals surface area (Å²) in [5.41, 5.74) is 3.69. The molecule has 5 nitrogen and oxygen atoms in total. The van der Waals surface area contributed by atoms with E-state index in [9.17, 15) is 9.59 Å². The molecular formula is C25H20Cl2N2O3. The average Bonchev–Trinajstić information content (AvgIpc) is 3.03. The molecule has 0 saturated carbocycles. The van der Waals surface area contributed by atoms with Gasteiger partial charge in [-0.3, -0.25) is 9.69 Å². The summed E-state index contributed by atoms with van der Waals surface area (Å²) in [6.45, 7) is 2.45. The van der Waals surface area contributed by atoms with E-state index in [1.165, 1.54) is 4.90 Å². The zero-order chi connectivity index (χ0) is 22.7. The number of nitrogens with zero attached hydrogens (tertiary/aromatic N) is 1. The second-order valence-electron chi connectivity index (χ2n) is 7.44. The molecule has 0 radical (unpaired) electrons. The molecule has 0 unspecified atom stereocenters. The van der Waals surface area contributed by atoms with E-state index in [-0.39, 0.29) is 24.8 Å². The van der Waals surface area contributed by atoms with Crippen molar-refractivity contribution >= 4 is 41.2 Å². The Bertz CT molecular complexity index is 1220. The highest BCUT2D eigenvalue weighted by Crippen LogP contribution is 2.26. The minimum atomic E-state index is -0.447. The number of aryl methyl sites for hydroxylation is 1. The topological polar surface area (TPSA) is 58.6 Å². The van der Waals surface area contributed by atoms with E-state index in [1.807, 2.05) is 55.5 Å². The van der Waals surface area contributed by atoms with Crippen molar-refractivity contribution in [3.05, 3.63) is 105 Å². The molecule has 1 aliphatic heterocycles. The Morgan fingerprint density at radius 3 is 2.53 bits per heavy atom. The maximum absolute atomic E-state index is 12.9. The van der Waals surface area contributed by atoms with Crippen LogP contribution in [-0.2, 0) is 17.9 Å². The zero-order valence-corrected chi connectivity index (χ0v) is 18.8. The highest BCUT2D eigenvalue weighted by molar-refractivity contribution is 6.42. The monoisotopic (exact) mass is 466 g/mol. The number of ether oxygens (including phenoxy) is 1. The highest BCUT2D eigenvalue weighted by Gasteiger charge is 2.33. The van der Waals surface area contributed by atoms with E-state index < -0.39 is 6.03 Å². The number of hydrogen-bond acceptors (Lipinski definition) is 3. The summed E-state index contributed by atoms with van der Waals surface area (Å²) in [4.78, 5) is 26.5. The Labute approximate surface area is 196 Å². The molecule has 0 aromatic heterocycles. The van der Waals surface area contributed by atoms with Crippen LogP contribution in [0, 0.1) is 6.92 Å². The number of carbonyl (C=O) groups excluding carboxylic acids is 2. The summed E-state index contributed by atoms with van der Waals surface area (Å²) in [5.74, 6) is 0.195. The van der Waals surface area contributed by atoms with Gasteiger partial charge < -0.3 is 10.1 Å². The Morgan fingerprint density at radius 1 is 0.938 bits per heavy atom. The first-order valence-electron chi connectivity index (χ1n) is 9.96. The molecular weight excluding hydrogens is 447 g/mol. The number of amides is 3. The molecule has 3 aromatic carbocycles. The fourth-order valence-corrected chi connectivity index (χ4v) is 3.71. The predicted octanol–water partition coefficient (Wildman–Crippen LogP) is 5.97. The standard InChI is InChI=1S/C25H20Cl2N2O3/c1-16-5-4-6-17(11-16)14-29-24(30)22(28-25(29)31)13-19-7-2-3-8-23(19)32-15-18-9-10-20(26)21(27)12-18/h2-13H,14-15H2,1H3,(H,28,31)/b22-13+. The predicted molar refractivity (Wildman–Crippen MR) is 125 cm³/mol. The van der Waals surface area contributed by atoms with Gasteiger partial charge in [-0.15, -0.1) is 0 Å². The number of nitrogens with one attached hydrogen (secondary N) is 1. The van der Waals surface area contributed by atoms with Crippen molar-refractivity contribution in [2.45, 2.75) is 20.1 Å². The Morgan fingerprint density at radius 2 is 1.75 bits per heavy atom. The fourth-order valence-electron chi connectivity index (χ4n) is 3.39. The number of carbonyl (C=O) groups is 2. The summed E-state index contributed by atoms with van der Waals surface area (Å²) < 4.78 is 5.94. The van der Waals surface area contributed by atoms with Gasteiger partial charge in [0.2, 0.25) is 0 Å². The third kappa shape index (κ3) is 4.96. The van der Waals surface area contributed by atoms with Crippen molar-refractivity contribution in [1.29, 1.82) is 0 Å². The van der Waals surface area contributed by atoms with E-state index >= 15 is 0 Å². The molecule has 1 aliphatic rings. The summed E-state index contributed by atoms with van der Waals surface area (Å²) in [6.07, 6.45) is 1.63. The van der Waals surface area contributed by atoms with Crippen molar-refractivity contribution in [3.63, 3.8) is 0 Å². The van der Waals surface area contributed by atoms with Gasteiger partial charge in [-0.05, 0) is 42.3 Å². The molecule has 1 N–H and O–H groups in total. The number of urea groups is 1. The molecule has 1 saturated heterocycles. The van der Waals surface area contributed by atoms with E-state index in [0.717, 1.165) is 16.7 Å². The third-order valence-corrected chi connectivity index (χ3v) is 5.72. The van der Waals surface area contributed by atoms with Gasteiger partial charge in [0.05, 0.1) is 16.6 Å².